The maximum Gasteiger partial charge on any atom is 0.284 e. The number of hydrogen-bond donors (Lipinski definition) is 0. The maximum absolute atomic E-state index is 12.7. The van der Waals surface area contributed by atoms with Crippen molar-refractivity contribution in [2.45, 2.75) is 0 Å². The van der Waals surface area contributed by atoms with Crippen LogP contribution < -0.4 is 4.74 Å². The zero-order valence-electron chi connectivity index (χ0n) is 16.3. The number of rotatable bonds is 5. The molecule has 31 heavy (non-hydrogen) atoms. The molecule has 8 heteroatoms. The predicted octanol–water partition coefficient (Wildman–Crippen LogP) is 5.04. The summed E-state index contributed by atoms with van der Waals surface area (Å²) in [7, 11) is 1.43. The number of carbonyl (C=O) groups is 1. The van der Waals surface area contributed by atoms with Gasteiger partial charge in [-0.05, 0) is 36.4 Å². The number of benzene rings is 2. The summed E-state index contributed by atoms with van der Waals surface area (Å²) in [5.74, 6) is 0.652. The smallest absolute Gasteiger partial charge is 0.284 e. The van der Waals surface area contributed by atoms with Gasteiger partial charge in [0.15, 0.2) is 0 Å². The minimum absolute atomic E-state index is 0.150. The molecule has 0 amide bonds. The third-order valence-electron chi connectivity index (χ3n) is 4.75. The van der Waals surface area contributed by atoms with Crippen molar-refractivity contribution in [3.05, 3.63) is 88.3 Å². The van der Waals surface area contributed by atoms with E-state index in [1.807, 2.05) is 0 Å². The average molecular weight is 413 g/mol. The Morgan fingerprint density at radius 2 is 2.03 bits per heavy atom. The van der Waals surface area contributed by atoms with E-state index >= 15 is 0 Å². The summed E-state index contributed by atoms with van der Waals surface area (Å²) in [5.41, 5.74) is 1.18. The number of ether oxygens (including phenoxy) is 1. The topological polar surface area (TPSA) is 111 Å². The SMILES string of the molecule is COc1ccc(-c2ccc(/C=C/C(=O)n3cc(C#N)c4ccccc43)o2)c([N+](=O)[O-])c1. The van der Waals surface area contributed by atoms with Crippen LogP contribution in [0, 0.1) is 21.4 Å². The van der Waals surface area contributed by atoms with Crippen molar-refractivity contribution in [2.75, 3.05) is 7.11 Å². The molecular formula is C23H15N3O5. The van der Waals surface area contributed by atoms with E-state index < -0.39 is 4.92 Å². The molecule has 0 radical (unpaired) electrons. The number of nitro benzene ring substituents is 1. The molecule has 0 N–H and O–H groups in total. The Bertz CT molecular complexity index is 1390. The van der Waals surface area contributed by atoms with E-state index in [1.54, 1.807) is 48.5 Å². The fourth-order valence-electron chi connectivity index (χ4n) is 3.27. The van der Waals surface area contributed by atoms with Crippen LogP contribution in [0.3, 0.4) is 0 Å². The van der Waals surface area contributed by atoms with Gasteiger partial charge in [0.25, 0.3) is 11.6 Å². The zero-order valence-corrected chi connectivity index (χ0v) is 16.3. The van der Waals surface area contributed by atoms with Gasteiger partial charge in [-0.1, -0.05) is 18.2 Å². The first-order valence-corrected chi connectivity index (χ1v) is 9.17. The first-order chi connectivity index (χ1) is 15.0. The summed E-state index contributed by atoms with van der Waals surface area (Å²) < 4.78 is 12.1. The zero-order chi connectivity index (χ0) is 22.0. The summed E-state index contributed by atoms with van der Waals surface area (Å²) in [6.07, 6.45) is 4.28. The molecule has 0 atom stereocenters. The van der Waals surface area contributed by atoms with Gasteiger partial charge in [-0.15, -0.1) is 0 Å². The van der Waals surface area contributed by atoms with Crippen LogP contribution in [0.25, 0.3) is 28.3 Å². The molecule has 2 heterocycles. The van der Waals surface area contributed by atoms with Gasteiger partial charge in [-0.2, -0.15) is 5.26 Å². The number of nitriles is 1. The lowest BCUT2D eigenvalue weighted by atomic mass is 10.1. The molecule has 0 spiro atoms. The Labute approximate surface area is 176 Å². The lowest BCUT2D eigenvalue weighted by Gasteiger charge is -2.03. The minimum Gasteiger partial charge on any atom is -0.497 e. The van der Waals surface area contributed by atoms with Gasteiger partial charge in [0, 0.05) is 17.7 Å². The van der Waals surface area contributed by atoms with Crippen molar-refractivity contribution in [1.82, 2.24) is 4.57 Å². The van der Waals surface area contributed by atoms with E-state index in [0.717, 1.165) is 0 Å². The number of furan rings is 1. The number of methoxy groups -OCH3 is 1. The first-order valence-electron chi connectivity index (χ1n) is 9.17. The molecule has 152 valence electrons. The van der Waals surface area contributed by atoms with Crippen LogP contribution in [-0.4, -0.2) is 22.5 Å². The average Bonchev–Trinajstić information content (AvgIpc) is 3.41. The van der Waals surface area contributed by atoms with Crippen LogP contribution in [0.4, 0.5) is 5.69 Å². The van der Waals surface area contributed by atoms with Crippen LogP contribution in [0.1, 0.15) is 16.1 Å². The molecule has 0 saturated carbocycles. The molecule has 0 aliphatic carbocycles. The second-order valence-corrected chi connectivity index (χ2v) is 6.56. The highest BCUT2D eigenvalue weighted by Gasteiger charge is 2.19. The minimum atomic E-state index is -0.511. The van der Waals surface area contributed by atoms with Crippen molar-refractivity contribution in [3.63, 3.8) is 0 Å². The van der Waals surface area contributed by atoms with Gasteiger partial charge < -0.3 is 9.15 Å². The van der Waals surface area contributed by atoms with Crippen molar-refractivity contribution in [2.24, 2.45) is 0 Å². The Hall–Kier alpha value is -4.64. The van der Waals surface area contributed by atoms with E-state index in [2.05, 4.69) is 6.07 Å². The monoisotopic (exact) mass is 413 g/mol. The summed E-state index contributed by atoms with van der Waals surface area (Å²) in [6.45, 7) is 0. The molecule has 0 unspecified atom stereocenters. The number of hydrogen-bond acceptors (Lipinski definition) is 6. The van der Waals surface area contributed by atoms with Crippen LogP contribution in [-0.2, 0) is 0 Å². The van der Waals surface area contributed by atoms with Gasteiger partial charge in [0.1, 0.15) is 23.3 Å². The summed E-state index contributed by atoms with van der Waals surface area (Å²) >= 11 is 0. The number of para-hydroxylation sites is 1. The molecule has 2 aromatic carbocycles. The van der Waals surface area contributed by atoms with E-state index in [4.69, 9.17) is 9.15 Å². The molecule has 0 aliphatic rings. The fourth-order valence-corrected chi connectivity index (χ4v) is 3.27. The van der Waals surface area contributed by atoms with E-state index in [9.17, 15) is 20.2 Å². The molecule has 0 aliphatic heterocycles. The largest absolute Gasteiger partial charge is 0.497 e. The third kappa shape index (κ3) is 3.68. The molecule has 0 bridgehead atoms. The highest BCUT2D eigenvalue weighted by atomic mass is 16.6. The number of allylic oxidation sites excluding steroid dienone is 1. The number of carbonyl (C=O) groups excluding carboxylic acids is 1. The fraction of sp³-hybridized carbons (Fsp3) is 0.0435. The summed E-state index contributed by atoms with van der Waals surface area (Å²) in [5, 5.41) is 21.4. The second kappa shape index (κ2) is 8.00. The van der Waals surface area contributed by atoms with Gasteiger partial charge in [-0.25, -0.2) is 0 Å². The van der Waals surface area contributed by atoms with E-state index in [1.165, 1.54) is 36.1 Å². The number of nitro groups is 1. The second-order valence-electron chi connectivity index (χ2n) is 6.56. The van der Waals surface area contributed by atoms with Crippen LogP contribution in [0.2, 0.25) is 0 Å². The molecule has 4 rings (SSSR count). The van der Waals surface area contributed by atoms with Crippen LogP contribution in [0.15, 0.2) is 71.3 Å². The predicted molar refractivity (Wildman–Crippen MR) is 114 cm³/mol. The van der Waals surface area contributed by atoms with Crippen molar-refractivity contribution in [1.29, 1.82) is 5.26 Å². The van der Waals surface area contributed by atoms with E-state index in [-0.39, 0.29) is 11.6 Å². The number of fused-ring (bicyclic) bond motifs is 1. The Morgan fingerprint density at radius 3 is 2.77 bits per heavy atom. The van der Waals surface area contributed by atoms with Gasteiger partial charge in [-0.3, -0.25) is 19.5 Å². The molecule has 8 nitrogen and oxygen atoms in total. The van der Waals surface area contributed by atoms with Crippen molar-refractivity contribution in [3.8, 4) is 23.1 Å². The van der Waals surface area contributed by atoms with Gasteiger partial charge in [0.05, 0.1) is 34.7 Å². The Morgan fingerprint density at radius 1 is 1.23 bits per heavy atom. The quantitative estimate of drug-likeness (QED) is 0.257. The first kappa shape index (κ1) is 19.7. The summed E-state index contributed by atoms with van der Waals surface area (Å²) in [4.78, 5) is 23.6. The van der Waals surface area contributed by atoms with Gasteiger partial charge in [0.2, 0.25) is 0 Å². The lowest BCUT2D eigenvalue weighted by molar-refractivity contribution is -0.384. The van der Waals surface area contributed by atoms with Gasteiger partial charge >= 0.3 is 0 Å². The highest BCUT2D eigenvalue weighted by Crippen LogP contribution is 2.34. The lowest BCUT2D eigenvalue weighted by Crippen LogP contribution is -2.04. The Kier molecular flexibility index (Phi) is 5.08. The Balaban J connectivity index is 1.63. The standard InChI is InChI=1S/C23H15N3O5/c1-30-17-6-9-19(21(12-17)26(28)29)22-10-7-16(31-22)8-11-23(27)25-14-15(13-24)18-4-2-3-5-20(18)25/h2-12,14H,1H3/b11-8+. The molecule has 0 fully saturated rings. The van der Waals surface area contributed by atoms with Crippen LogP contribution in [0.5, 0.6) is 5.75 Å². The normalized spacial score (nSPS) is 11.0. The third-order valence-corrected chi connectivity index (χ3v) is 4.75. The number of aromatic nitrogens is 1. The maximum atomic E-state index is 12.7. The van der Waals surface area contributed by atoms with Crippen molar-refractivity contribution >= 4 is 28.6 Å². The summed E-state index contributed by atoms with van der Waals surface area (Å²) in [6, 6.07) is 16.9. The van der Waals surface area contributed by atoms with Crippen LogP contribution >= 0.6 is 0 Å². The van der Waals surface area contributed by atoms with E-state index in [0.29, 0.717) is 39.3 Å². The molecule has 0 saturated heterocycles. The molecular weight excluding hydrogens is 398 g/mol. The van der Waals surface area contributed by atoms with Crippen molar-refractivity contribution < 1.29 is 18.9 Å². The number of nitrogens with zero attached hydrogens (tertiary/aromatic N) is 3. The molecule has 2 aromatic heterocycles. The highest BCUT2D eigenvalue weighted by molar-refractivity contribution is 6.01. The molecule has 4 aromatic rings.